The van der Waals surface area contributed by atoms with Crippen molar-refractivity contribution in [2.75, 3.05) is 11.9 Å². The number of urea groups is 1. The Morgan fingerprint density at radius 3 is 2.67 bits per heavy atom. The van der Waals surface area contributed by atoms with Crippen molar-refractivity contribution < 1.29 is 9.90 Å². The quantitative estimate of drug-likeness (QED) is 0.771. The molecule has 0 spiro atoms. The third-order valence-corrected chi connectivity index (χ3v) is 3.26. The molecule has 0 fully saturated rings. The van der Waals surface area contributed by atoms with Gasteiger partial charge in [0.1, 0.15) is 0 Å². The summed E-state index contributed by atoms with van der Waals surface area (Å²) in [5.41, 5.74) is 1.01. The minimum absolute atomic E-state index is 0.114. The summed E-state index contributed by atoms with van der Waals surface area (Å²) in [4.78, 5) is 23.4. The molecule has 1 unspecified atom stereocenters. The maximum atomic E-state index is 11.9. The maximum absolute atomic E-state index is 11.9. The second-order valence-corrected chi connectivity index (χ2v) is 6.34. The van der Waals surface area contributed by atoms with E-state index in [0.29, 0.717) is 18.7 Å². The van der Waals surface area contributed by atoms with Crippen LogP contribution >= 0.6 is 0 Å². The van der Waals surface area contributed by atoms with Gasteiger partial charge >= 0.3 is 6.03 Å². The van der Waals surface area contributed by atoms with Crippen LogP contribution in [0.15, 0.2) is 17.1 Å². The molecule has 6 nitrogen and oxygen atoms in total. The number of amides is 2. The number of nitrogens with zero attached hydrogens (tertiary/aromatic N) is 1. The number of aliphatic hydroxyl groups excluding tert-OH is 1. The fourth-order valence-electron chi connectivity index (χ4n) is 2.21. The van der Waals surface area contributed by atoms with Crippen molar-refractivity contribution in [2.24, 2.45) is 12.5 Å². The molecule has 0 bridgehead atoms. The van der Waals surface area contributed by atoms with Gasteiger partial charge in [0.15, 0.2) is 0 Å². The normalized spacial score (nSPS) is 12.9. The zero-order valence-corrected chi connectivity index (χ0v) is 13.4. The molecule has 1 atom stereocenters. The Balaban J connectivity index is 2.63. The summed E-state index contributed by atoms with van der Waals surface area (Å²) in [7, 11) is 1.64. The number of aryl methyl sites for hydroxylation is 2. The molecule has 1 rings (SSSR count). The summed E-state index contributed by atoms with van der Waals surface area (Å²) >= 11 is 0. The average Bonchev–Trinajstić information content (AvgIpc) is 2.32. The summed E-state index contributed by atoms with van der Waals surface area (Å²) in [5.74, 6) is 0. The van der Waals surface area contributed by atoms with E-state index >= 15 is 0 Å². The molecule has 0 aliphatic rings. The summed E-state index contributed by atoms with van der Waals surface area (Å²) in [6.07, 6.45) is 1.79. The van der Waals surface area contributed by atoms with E-state index in [0.717, 1.165) is 5.56 Å². The van der Waals surface area contributed by atoms with Crippen LogP contribution in [0, 0.1) is 12.3 Å². The lowest BCUT2D eigenvalue weighted by Crippen LogP contribution is -2.38. The van der Waals surface area contributed by atoms with Crippen molar-refractivity contribution in [3.8, 4) is 0 Å². The topological polar surface area (TPSA) is 83.4 Å². The second kappa shape index (κ2) is 6.76. The standard InChI is InChI=1S/C15H25N3O3/c1-10-6-13(20)18(5)8-12(10)17-14(21)16-9-15(3,4)7-11(2)19/h6,8,11,19H,7,9H2,1-5H3,(H2,16,17,21). The molecule has 0 radical (unpaired) electrons. The van der Waals surface area contributed by atoms with Crippen LogP contribution in [-0.4, -0.2) is 28.4 Å². The largest absolute Gasteiger partial charge is 0.393 e. The van der Waals surface area contributed by atoms with E-state index in [9.17, 15) is 14.7 Å². The lowest BCUT2D eigenvalue weighted by Gasteiger charge is -2.26. The zero-order valence-electron chi connectivity index (χ0n) is 13.4. The van der Waals surface area contributed by atoms with Crippen LogP contribution < -0.4 is 16.2 Å². The van der Waals surface area contributed by atoms with Crippen LogP contribution in [0.25, 0.3) is 0 Å². The molecule has 2 amide bonds. The Kier molecular flexibility index (Phi) is 5.54. The SMILES string of the molecule is Cc1cc(=O)n(C)cc1NC(=O)NCC(C)(C)CC(C)O. The number of nitrogens with one attached hydrogen (secondary N) is 2. The smallest absolute Gasteiger partial charge is 0.319 e. The van der Waals surface area contributed by atoms with Crippen LogP contribution in [0.2, 0.25) is 0 Å². The van der Waals surface area contributed by atoms with Gasteiger partial charge in [0.05, 0.1) is 11.8 Å². The summed E-state index contributed by atoms with van der Waals surface area (Å²) < 4.78 is 1.42. The van der Waals surface area contributed by atoms with Gasteiger partial charge in [0.2, 0.25) is 0 Å². The number of rotatable bonds is 5. The van der Waals surface area contributed by atoms with E-state index in [1.807, 2.05) is 13.8 Å². The Morgan fingerprint density at radius 1 is 1.48 bits per heavy atom. The molecular weight excluding hydrogens is 270 g/mol. The number of aromatic nitrogens is 1. The fourth-order valence-corrected chi connectivity index (χ4v) is 2.21. The maximum Gasteiger partial charge on any atom is 0.319 e. The highest BCUT2D eigenvalue weighted by Crippen LogP contribution is 2.21. The predicted molar refractivity (Wildman–Crippen MR) is 83.5 cm³/mol. The van der Waals surface area contributed by atoms with Gasteiger partial charge in [-0.25, -0.2) is 4.79 Å². The zero-order chi connectivity index (χ0) is 16.2. The minimum atomic E-state index is -0.407. The first-order chi connectivity index (χ1) is 9.60. The van der Waals surface area contributed by atoms with Gasteiger partial charge in [0.25, 0.3) is 5.56 Å². The number of carbonyl (C=O) groups is 1. The number of hydrogen-bond donors (Lipinski definition) is 3. The van der Waals surface area contributed by atoms with Crippen molar-refractivity contribution in [3.05, 3.63) is 28.2 Å². The molecule has 1 aromatic rings. The first-order valence-electron chi connectivity index (χ1n) is 7.01. The van der Waals surface area contributed by atoms with Crippen molar-refractivity contribution in [1.29, 1.82) is 0 Å². The van der Waals surface area contributed by atoms with Crippen LogP contribution in [0.5, 0.6) is 0 Å². The van der Waals surface area contributed by atoms with Gasteiger partial charge < -0.3 is 20.3 Å². The van der Waals surface area contributed by atoms with Crippen LogP contribution in [0.1, 0.15) is 32.8 Å². The molecular formula is C15H25N3O3. The third kappa shape index (κ3) is 5.59. The lowest BCUT2D eigenvalue weighted by molar-refractivity contribution is 0.129. The lowest BCUT2D eigenvalue weighted by atomic mass is 9.87. The van der Waals surface area contributed by atoms with Crippen molar-refractivity contribution in [1.82, 2.24) is 9.88 Å². The Bertz CT molecular complexity index is 562. The second-order valence-electron chi connectivity index (χ2n) is 6.34. The van der Waals surface area contributed by atoms with E-state index in [2.05, 4.69) is 10.6 Å². The third-order valence-electron chi connectivity index (χ3n) is 3.26. The van der Waals surface area contributed by atoms with Crippen molar-refractivity contribution >= 4 is 11.7 Å². The van der Waals surface area contributed by atoms with E-state index in [4.69, 9.17) is 0 Å². The molecule has 6 heteroatoms. The number of anilines is 1. The first-order valence-corrected chi connectivity index (χ1v) is 7.01. The first kappa shape index (κ1) is 17.2. The summed E-state index contributed by atoms with van der Waals surface area (Å²) in [6, 6.07) is 1.16. The van der Waals surface area contributed by atoms with Gasteiger partial charge in [-0.3, -0.25) is 4.79 Å². The molecule has 0 aliphatic heterocycles. The van der Waals surface area contributed by atoms with Gasteiger partial charge in [-0.15, -0.1) is 0 Å². The van der Waals surface area contributed by atoms with Crippen molar-refractivity contribution in [3.63, 3.8) is 0 Å². The highest BCUT2D eigenvalue weighted by atomic mass is 16.3. The molecule has 1 heterocycles. The highest BCUT2D eigenvalue weighted by Gasteiger charge is 2.21. The monoisotopic (exact) mass is 295 g/mol. The van der Waals surface area contributed by atoms with Gasteiger partial charge in [0, 0.05) is 25.9 Å². The minimum Gasteiger partial charge on any atom is -0.393 e. The Hall–Kier alpha value is -1.82. The van der Waals surface area contributed by atoms with E-state index in [-0.39, 0.29) is 17.0 Å². The Labute approximate surface area is 125 Å². The molecule has 3 N–H and O–H groups in total. The van der Waals surface area contributed by atoms with Gasteiger partial charge in [-0.2, -0.15) is 0 Å². The molecule has 0 saturated heterocycles. The Morgan fingerprint density at radius 2 is 2.10 bits per heavy atom. The number of hydrogen-bond acceptors (Lipinski definition) is 3. The molecule has 118 valence electrons. The predicted octanol–water partition coefficient (Wildman–Crippen LogP) is 1.61. The highest BCUT2D eigenvalue weighted by molar-refractivity contribution is 5.89. The fraction of sp³-hybridized carbons (Fsp3) is 0.600. The molecule has 0 saturated carbocycles. The van der Waals surface area contributed by atoms with Crippen LogP contribution in [0.4, 0.5) is 10.5 Å². The van der Waals surface area contributed by atoms with Crippen LogP contribution in [-0.2, 0) is 7.05 Å². The van der Waals surface area contributed by atoms with E-state index in [1.165, 1.54) is 10.6 Å². The van der Waals surface area contributed by atoms with E-state index in [1.54, 1.807) is 27.1 Å². The summed E-state index contributed by atoms with van der Waals surface area (Å²) in [5, 5.41) is 14.9. The number of pyridine rings is 1. The number of carbonyl (C=O) groups excluding carboxylic acids is 1. The molecule has 0 aliphatic carbocycles. The molecule has 1 aromatic heterocycles. The van der Waals surface area contributed by atoms with E-state index < -0.39 is 6.10 Å². The molecule has 21 heavy (non-hydrogen) atoms. The van der Waals surface area contributed by atoms with Crippen LogP contribution in [0.3, 0.4) is 0 Å². The molecule has 0 aromatic carbocycles. The van der Waals surface area contributed by atoms with Gasteiger partial charge in [-0.1, -0.05) is 13.8 Å². The van der Waals surface area contributed by atoms with Crippen molar-refractivity contribution in [2.45, 2.75) is 40.2 Å². The number of aliphatic hydroxyl groups is 1. The average molecular weight is 295 g/mol. The van der Waals surface area contributed by atoms with Gasteiger partial charge in [-0.05, 0) is 31.2 Å². The summed E-state index contributed by atoms with van der Waals surface area (Å²) in [6.45, 7) is 7.92.